The molecular weight excluding hydrogens is 536 g/mol. The number of hydrogen-bond donors (Lipinski definition) is 6. The quantitative estimate of drug-likeness (QED) is 0.0937. The van der Waals surface area contributed by atoms with Gasteiger partial charge in [0, 0.05) is 0 Å². The van der Waals surface area contributed by atoms with Crippen molar-refractivity contribution in [1.82, 2.24) is 0 Å². The molecule has 238 valence electrons. The first-order valence-corrected chi connectivity index (χ1v) is 14.1. The van der Waals surface area contributed by atoms with Crippen LogP contribution in [0.5, 0.6) is 0 Å². The predicted molar refractivity (Wildman–Crippen MR) is 138 cm³/mol. The molecule has 40 heavy (non-hydrogen) atoms. The minimum Gasteiger partial charge on any atom is -0.394 e. The van der Waals surface area contributed by atoms with Gasteiger partial charge >= 0.3 is 0 Å². The molecule has 2 saturated heterocycles. The second kappa shape index (κ2) is 18.9. The summed E-state index contributed by atoms with van der Waals surface area (Å²) < 4.78 is 46.7. The van der Waals surface area contributed by atoms with Gasteiger partial charge in [-0.25, -0.2) is 0 Å². The van der Waals surface area contributed by atoms with Crippen LogP contribution in [-0.4, -0.2) is 157 Å². The normalized spacial score (nSPS) is 35.1. The standard InChI is InChI=1S/C26H50O14/c1-5-16(6-2)37-26-21(32)24(35-12-9-29)23(18(39-26)14-34-11-8-28)40-25-20(31)19(30)22(36-15(3)4)17(38-25)13-33-10-7-27/h15-32H,5-14H2,1-4H3. The van der Waals surface area contributed by atoms with E-state index >= 15 is 0 Å². The van der Waals surface area contributed by atoms with Gasteiger partial charge in [0.15, 0.2) is 12.6 Å². The van der Waals surface area contributed by atoms with E-state index in [4.69, 9.17) is 43.0 Å². The maximum atomic E-state index is 11.2. The van der Waals surface area contributed by atoms with E-state index in [0.717, 1.165) is 0 Å². The highest BCUT2D eigenvalue weighted by molar-refractivity contribution is 4.96. The number of rotatable bonds is 19. The van der Waals surface area contributed by atoms with Gasteiger partial charge in [-0.2, -0.15) is 0 Å². The van der Waals surface area contributed by atoms with Crippen molar-refractivity contribution in [3.05, 3.63) is 0 Å². The van der Waals surface area contributed by atoms with Gasteiger partial charge in [0.1, 0.15) is 48.8 Å². The highest BCUT2D eigenvalue weighted by atomic mass is 16.8. The van der Waals surface area contributed by atoms with Crippen LogP contribution in [0.2, 0.25) is 0 Å². The molecule has 14 nitrogen and oxygen atoms in total. The van der Waals surface area contributed by atoms with Crippen molar-refractivity contribution in [1.29, 1.82) is 0 Å². The Hall–Kier alpha value is -0.560. The first-order chi connectivity index (χ1) is 19.2. The monoisotopic (exact) mass is 586 g/mol. The molecule has 0 bridgehead atoms. The van der Waals surface area contributed by atoms with Gasteiger partial charge in [0.25, 0.3) is 0 Å². The molecule has 2 heterocycles. The highest BCUT2D eigenvalue weighted by Crippen LogP contribution is 2.33. The smallest absolute Gasteiger partial charge is 0.187 e. The number of hydrogen-bond acceptors (Lipinski definition) is 14. The van der Waals surface area contributed by atoms with E-state index in [2.05, 4.69) is 0 Å². The summed E-state index contributed by atoms with van der Waals surface area (Å²) in [6.45, 7) is 6.40. The minimum absolute atomic E-state index is 0.00905. The van der Waals surface area contributed by atoms with E-state index in [0.29, 0.717) is 12.8 Å². The molecule has 2 aliphatic rings. The van der Waals surface area contributed by atoms with E-state index < -0.39 is 61.4 Å². The van der Waals surface area contributed by atoms with Crippen LogP contribution in [0.25, 0.3) is 0 Å². The molecule has 6 N–H and O–H groups in total. The summed E-state index contributed by atoms with van der Waals surface area (Å²) in [6, 6.07) is 0. The lowest BCUT2D eigenvalue weighted by atomic mass is 9.96. The molecule has 0 radical (unpaired) electrons. The van der Waals surface area contributed by atoms with Gasteiger partial charge in [-0.15, -0.1) is 0 Å². The van der Waals surface area contributed by atoms with Crippen molar-refractivity contribution in [3.63, 3.8) is 0 Å². The molecule has 2 aliphatic heterocycles. The van der Waals surface area contributed by atoms with Crippen LogP contribution in [0.1, 0.15) is 40.5 Å². The molecule has 0 spiro atoms. The lowest BCUT2D eigenvalue weighted by Crippen LogP contribution is -2.66. The van der Waals surface area contributed by atoms with Crippen LogP contribution in [0, 0.1) is 0 Å². The summed E-state index contributed by atoms with van der Waals surface area (Å²) in [6.07, 6.45) is -11.0. The van der Waals surface area contributed by atoms with Gasteiger partial charge in [-0.3, -0.25) is 0 Å². The SMILES string of the molecule is CCC(CC)OC1OC(COCCO)C(OC2OC(COCCO)C(OC(C)C)C(O)C2O)C(OCCO)C1O. The predicted octanol–water partition coefficient (Wildman–Crippen LogP) is -1.70. The Labute approximate surface area is 236 Å². The van der Waals surface area contributed by atoms with Crippen molar-refractivity contribution < 1.29 is 68.5 Å². The molecule has 14 heteroatoms. The fourth-order valence-electron chi connectivity index (χ4n) is 4.67. The maximum Gasteiger partial charge on any atom is 0.187 e. The van der Waals surface area contributed by atoms with Crippen LogP contribution >= 0.6 is 0 Å². The maximum absolute atomic E-state index is 11.2. The highest BCUT2D eigenvalue weighted by Gasteiger charge is 2.52. The van der Waals surface area contributed by atoms with E-state index in [9.17, 15) is 25.5 Å². The molecule has 0 aliphatic carbocycles. The van der Waals surface area contributed by atoms with Crippen LogP contribution in [-0.2, 0) is 37.9 Å². The van der Waals surface area contributed by atoms with Crippen molar-refractivity contribution in [2.75, 3.05) is 52.9 Å². The van der Waals surface area contributed by atoms with Gasteiger partial charge in [-0.1, -0.05) is 13.8 Å². The van der Waals surface area contributed by atoms with Gasteiger partial charge < -0.3 is 68.5 Å². The van der Waals surface area contributed by atoms with Crippen LogP contribution in [0.15, 0.2) is 0 Å². The van der Waals surface area contributed by atoms with E-state index in [1.165, 1.54) is 0 Å². The third-order valence-corrected chi connectivity index (χ3v) is 6.65. The Morgan fingerprint density at radius 1 is 0.650 bits per heavy atom. The second-order valence-electron chi connectivity index (χ2n) is 10.0. The Morgan fingerprint density at radius 3 is 1.73 bits per heavy atom. The van der Waals surface area contributed by atoms with Gasteiger partial charge in [0.05, 0.1) is 65.1 Å². The molecule has 0 saturated carbocycles. The zero-order valence-corrected chi connectivity index (χ0v) is 23.9. The average molecular weight is 587 g/mol. The fraction of sp³-hybridized carbons (Fsp3) is 1.00. The van der Waals surface area contributed by atoms with E-state index in [1.54, 1.807) is 13.8 Å². The molecule has 10 unspecified atom stereocenters. The number of aliphatic hydroxyl groups is 6. The second-order valence-corrected chi connectivity index (χ2v) is 10.0. The summed E-state index contributed by atoms with van der Waals surface area (Å²) in [4.78, 5) is 0. The Balaban J connectivity index is 2.33. The van der Waals surface area contributed by atoms with Crippen molar-refractivity contribution in [2.24, 2.45) is 0 Å². The summed E-state index contributed by atoms with van der Waals surface area (Å²) in [7, 11) is 0. The van der Waals surface area contributed by atoms with Gasteiger partial charge in [-0.05, 0) is 26.7 Å². The molecule has 0 amide bonds. The van der Waals surface area contributed by atoms with Crippen LogP contribution in [0.4, 0.5) is 0 Å². The third kappa shape index (κ3) is 10.3. The molecular formula is C26H50O14. The first-order valence-electron chi connectivity index (χ1n) is 14.1. The topological polar surface area (TPSA) is 195 Å². The summed E-state index contributed by atoms with van der Waals surface area (Å²) >= 11 is 0. The van der Waals surface area contributed by atoms with E-state index in [-0.39, 0.29) is 65.1 Å². The Morgan fingerprint density at radius 2 is 1.20 bits per heavy atom. The molecule has 0 aromatic carbocycles. The van der Waals surface area contributed by atoms with Crippen molar-refractivity contribution in [2.45, 2.75) is 114 Å². The Kier molecular flexibility index (Phi) is 16.8. The molecule has 10 atom stereocenters. The molecule has 2 fully saturated rings. The molecule has 2 rings (SSSR count). The minimum atomic E-state index is -1.56. The largest absolute Gasteiger partial charge is 0.394 e. The summed E-state index contributed by atoms with van der Waals surface area (Å²) in [5, 5.41) is 60.9. The lowest BCUT2D eigenvalue weighted by Gasteiger charge is -2.48. The van der Waals surface area contributed by atoms with Crippen molar-refractivity contribution >= 4 is 0 Å². The van der Waals surface area contributed by atoms with Crippen molar-refractivity contribution in [3.8, 4) is 0 Å². The zero-order chi connectivity index (χ0) is 29.7. The third-order valence-electron chi connectivity index (χ3n) is 6.65. The van der Waals surface area contributed by atoms with E-state index in [1.807, 2.05) is 13.8 Å². The first kappa shape index (κ1) is 35.6. The average Bonchev–Trinajstić information content (AvgIpc) is 2.93. The number of ether oxygens (including phenoxy) is 8. The molecule has 0 aromatic heterocycles. The van der Waals surface area contributed by atoms with Crippen LogP contribution < -0.4 is 0 Å². The summed E-state index contributed by atoms with van der Waals surface area (Å²) in [5.74, 6) is 0. The Bertz CT molecular complexity index is 653. The number of aliphatic hydroxyl groups excluding tert-OH is 6. The lowest BCUT2D eigenvalue weighted by molar-refractivity contribution is -0.370. The fourth-order valence-corrected chi connectivity index (χ4v) is 4.67. The molecule has 0 aromatic rings. The summed E-state index contributed by atoms with van der Waals surface area (Å²) in [5.41, 5.74) is 0. The zero-order valence-electron chi connectivity index (χ0n) is 23.9. The van der Waals surface area contributed by atoms with Crippen LogP contribution in [0.3, 0.4) is 0 Å². The van der Waals surface area contributed by atoms with Gasteiger partial charge in [0.2, 0.25) is 0 Å².